The minimum Gasteiger partial charge on any atom is -0.481 e. The third-order valence-corrected chi connectivity index (χ3v) is 2.81. The van der Waals surface area contributed by atoms with Crippen molar-refractivity contribution in [3.8, 4) is 0 Å². The minimum absolute atomic E-state index is 0.0531. The van der Waals surface area contributed by atoms with Gasteiger partial charge < -0.3 is 9.67 Å². The molecule has 1 aromatic heterocycles. The van der Waals surface area contributed by atoms with Crippen LogP contribution in [0.1, 0.15) is 10.5 Å². The molecule has 0 atom stereocenters. The van der Waals surface area contributed by atoms with Gasteiger partial charge in [-0.1, -0.05) is 0 Å². The number of carboxylic acid groups (broad SMARTS) is 1. The Morgan fingerprint density at radius 3 is 2.65 bits per heavy atom. The largest absolute Gasteiger partial charge is 0.481 e. The van der Waals surface area contributed by atoms with E-state index in [2.05, 4.69) is 5.32 Å². The molecule has 1 rings (SSSR count). The second-order valence-corrected chi connectivity index (χ2v) is 4.25. The number of amides is 2. The summed E-state index contributed by atoms with van der Waals surface area (Å²) < 4.78 is 1.59. The van der Waals surface area contributed by atoms with E-state index < -0.39 is 17.8 Å². The molecule has 0 radical (unpaired) electrons. The zero-order valence-electron chi connectivity index (χ0n) is 9.17. The van der Waals surface area contributed by atoms with Gasteiger partial charge in [0.15, 0.2) is 0 Å². The minimum atomic E-state index is -0.989. The monoisotopic (exact) mass is 256 g/mol. The molecule has 0 bridgehead atoms. The lowest BCUT2D eigenvalue weighted by atomic mass is 10.4. The lowest BCUT2D eigenvalue weighted by Gasteiger charge is -2.04. The maximum Gasteiger partial charge on any atom is 0.313 e. The number of carbonyl (C=O) groups is 3. The summed E-state index contributed by atoms with van der Waals surface area (Å²) in [6.45, 7) is 0. The molecule has 2 N–H and O–H groups in total. The molecule has 0 fully saturated rings. The van der Waals surface area contributed by atoms with Gasteiger partial charge in [0, 0.05) is 13.2 Å². The number of nitrogens with zero attached hydrogens (tertiary/aromatic N) is 1. The highest BCUT2D eigenvalue weighted by Gasteiger charge is 2.12. The van der Waals surface area contributed by atoms with Gasteiger partial charge in [0.2, 0.25) is 5.91 Å². The van der Waals surface area contributed by atoms with Crippen LogP contribution in [0.4, 0.5) is 0 Å². The lowest BCUT2D eigenvalue weighted by molar-refractivity contribution is -0.133. The summed E-state index contributed by atoms with van der Waals surface area (Å²) in [4.78, 5) is 33.1. The molecular weight excluding hydrogens is 244 g/mol. The molecule has 0 spiro atoms. The molecular formula is C10H12N2O4S. The highest BCUT2D eigenvalue weighted by atomic mass is 32.2. The number of aromatic nitrogens is 1. The van der Waals surface area contributed by atoms with Crippen molar-refractivity contribution in [2.45, 2.75) is 0 Å². The molecule has 0 aromatic carbocycles. The van der Waals surface area contributed by atoms with E-state index in [1.54, 1.807) is 29.9 Å². The smallest absolute Gasteiger partial charge is 0.313 e. The van der Waals surface area contributed by atoms with Crippen LogP contribution in [0.15, 0.2) is 18.3 Å². The molecule has 0 unspecified atom stereocenters. The van der Waals surface area contributed by atoms with Crippen LogP contribution in [0.25, 0.3) is 0 Å². The van der Waals surface area contributed by atoms with E-state index in [9.17, 15) is 14.4 Å². The Hall–Kier alpha value is -1.76. The first-order valence-electron chi connectivity index (χ1n) is 4.75. The van der Waals surface area contributed by atoms with E-state index in [-0.39, 0.29) is 11.5 Å². The number of aliphatic carboxylic acids is 1. The molecule has 0 aliphatic rings. The molecule has 2 amide bonds. The van der Waals surface area contributed by atoms with Crippen LogP contribution < -0.4 is 5.32 Å². The number of carboxylic acids is 1. The molecule has 0 saturated heterocycles. The summed E-state index contributed by atoms with van der Waals surface area (Å²) in [6, 6.07) is 3.28. The first-order chi connectivity index (χ1) is 8.00. The fourth-order valence-corrected chi connectivity index (χ4v) is 1.69. The molecule has 1 aromatic rings. The fraction of sp³-hybridized carbons (Fsp3) is 0.300. The summed E-state index contributed by atoms with van der Waals surface area (Å²) in [5.41, 5.74) is 0.376. The summed E-state index contributed by atoms with van der Waals surface area (Å²) >= 11 is 0.942. The van der Waals surface area contributed by atoms with Gasteiger partial charge >= 0.3 is 5.97 Å². The maximum absolute atomic E-state index is 11.6. The topological polar surface area (TPSA) is 88.4 Å². The summed E-state index contributed by atoms with van der Waals surface area (Å²) in [5.74, 6) is -2.19. The van der Waals surface area contributed by atoms with Crippen LogP contribution in [0.5, 0.6) is 0 Å². The highest BCUT2D eigenvalue weighted by Crippen LogP contribution is 2.01. The van der Waals surface area contributed by atoms with Gasteiger partial charge in [-0.3, -0.25) is 19.7 Å². The van der Waals surface area contributed by atoms with Gasteiger partial charge in [-0.2, -0.15) is 0 Å². The van der Waals surface area contributed by atoms with Crippen molar-refractivity contribution in [2.75, 3.05) is 11.5 Å². The third kappa shape index (κ3) is 4.31. The predicted octanol–water partition coefficient (Wildman–Crippen LogP) is 0.0993. The SMILES string of the molecule is Cn1cccc1C(=O)NC(=O)CSCC(=O)O. The van der Waals surface area contributed by atoms with Gasteiger partial charge in [0.1, 0.15) is 5.69 Å². The Bertz CT molecular complexity index is 441. The Labute approximate surface area is 102 Å². The van der Waals surface area contributed by atoms with Crippen LogP contribution in [0, 0.1) is 0 Å². The van der Waals surface area contributed by atoms with Crippen molar-refractivity contribution in [3.63, 3.8) is 0 Å². The van der Waals surface area contributed by atoms with Crippen molar-refractivity contribution < 1.29 is 19.5 Å². The normalized spacial score (nSPS) is 9.94. The zero-order valence-corrected chi connectivity index (χ0v) is 9.99. The van der Waals surface area contributed by atoms with Gasteiger partial charge in [0.25, 0.3) is 5.91 Å². The number of thioether (sulfide) groups is 1. The molecule has 17 heavy (non-hydrogen) atoms. The molecule has 0 aliphatic heterocycles. The Kier molecular flexibility index (Phi) is 4.77. The lowest BCUT2D eigenvalue weighted by Crippen LogP contribution is -2.33. The third-order valence-electron chi connectivity index (χ3n) is 1.89. The van der Waals surface area contributed by atoms with Gasteiger partial charge in [0.05, 0.1) is 11.5 Å². The molecule has 0 aliphatic carbocycles. The standard InChI is InChI=1S/C10H12N2O4S/c1-12-4-2-3-7(12)10(16)11-8(13)5-17-6-9(14)15/h2-4H,5-6H2,1H3,(H,14,15)(H,11,13,16). The molecule has 92 valence electrons. The fourth-order valence-electron chi connectivity index (χ4n) is 1.15. The van der Waals surface area contributed by atoms with Crippen LogP contribution >= 0.6 is 11.8 Å². The predicted molar refractivity (Wildman–Crippen MR) is 62.8 cm³/mol. The first-order valence-corrected chi connectivity index (χ1v) is 5.91. The first kappa shape index (κ1) is 13.3. The summed E-state index contributed by atoms with van der Waals surface area (Å²) in [7, 11) is 1.69. The van der Waals surface area contributed by atoms with Crippen molar-refractivity contribution in [2.24, 2.45) is 7.05 Å². The second kappa shape index (κ2) is 6.09. The quantitative estimate of drug-likeness (QED) is 0.780. The number of rotatable bonds is 5. The van der Waals surface area contributed by atoms with Crippen LogP contribution in [0.2, 0.25) is 0 Å². The number of hydrogen-bond acceptors (Lipinski definition) is 4. The van der Waals surface area contributed by atoms with E-state index in [0.717, 1.165) is 11.8 Å². The maximum atomic E-state index is 11.6. The van der Waals surface area contributed by atoms with Crippen LogP contribution in [-0.4, -0.2) is 39.0 Å². The Morgan fingerprint density at radius 1 is 1.41 bits per heavy atom. The second-order valence-electron chi connectivity index (χ2n) is 3.27. The van der Waals surface area contributed by atoms with Crippen molar-refractivity contribution in [3.05, 3.63) is 24.0 Å². The number of aryl methyl sites for hydroxylation is 1. The summed E-state index contributed by atoms with van der Waals surface area (Å²) in [5, 5.41) is 10.6. The van der Waals surface area contributed by atoms with E-state index in [4.69, 9.17) is 5.11 Å². The number of imide groups is 1. The van der Waals surface area contributed by atoms with Crippen molar-refractivity contribution in [1.82, 2.24) is 9.88 Å². The summed E-state index contributed by atoms with van der Waals surface area (Å²) in [6.07, 6.45) is 1.69. The van der Waals surface area contributed by atoms with E-state index in [1.165, 1.54) is 0 Å². The van der Waals surface area contributed by atoms with Crippen molar-refractivity contribution in [1.29, 1.82) is 0 Å². The Balaban J connectivity index is 2.39. The van der Waals surface area contributed by atoms with Crippen molar-refractivity contribution >= 4 is 29.5 Å². The average Bonchev–Trinajstić information content (AvgIpc) is 2.63. The van der Waals surface area contributed by atoms with Gasteiger partial charge in [-0.25, -0.2) is 0 Å². The van der Waals surface area contributed by atoms with Crippen LogP contribution in [0.3, 0.4) is 0 Å². The average molecular weight is 256 g/mol. The number of carbonyl (C=O) groups excluding carboxylic acids is 2. The van der Waals surface area contributed by atoms with E-state index in [0.29, 0.717) is 5.69 Å². The van der Waals surface area contributed by atoms with Gasteiger partial charge in [-0.05, 0) is 12.1 Å². The Morgan fingerprint density at radius 2 is 2.12 bits per heavy atom. The molecule has 0 saturated carbocycles. The molecule has 1 heterocycles. The highest BCUT2D eigenvalue weighted by molar-refractivity contribution is 8.00. The number of hydrogen-bond donors (Lipinski definition) is 2. The van der Waals surface area contributed by atoms with Gasteiger partial charge in [-0.15, -0.1) is 11.8 Å². The van der Waals surface area contributed by atoms with Crippen LogP contribution in [-0.2, 0) is 16.6 Å². The molecule has 7 heteroatoms. The zero-order chi connectivity index (χ0) is 12.8. The molecule has 6 nitrogen and oxygen atoms in total. The number of nitrogens with one attached hydrogen (secondary N) is 1. The van der Waals surface area contributed by atoms with E-state index in [1.807, 2.05) is 0 Å². The van der Waals surface area contributed by atoms with E-state index >= 15 is 0 Å².